The first-order valence-corrected chi connectivity index (χ1v) is 7.65. The summed E-state index contributed by atoms with van der Waals surface area (Å²) < 4.78 is 5.13. The van der Waals surface area contributed by atoms with Gasteiger partial charge >= 0.3 is 0 Å². The maximum absolute atomic E-state index is 5.13. The number of allylic oxidation sites excluding steroid dienone is 1. The third-order valence-electron chi connectivity index (χ3n) is 3.31. The van der Waals surface area contributed by atoms with E-state index in [9.17, 15) is 0 Å². The molecule has 0 saturated carbocycles. The van der Waals surface area contributed by atoms with E-state index in [0.29, 0.717) is 0 Å². The molecule has 0 bridgehead atoms. The normalized spacial score (nSPS) is 15.7. The lowest BCUT2D eigenvalue weighted by Gasteiger charge is -2.12. The highest BCUT2D eigenvalue weighted by atomic mass is 32.1. The molecule has 0 aromatic carbocycles. The molecule has 0 atom stereocenters. The largest absolute Gasteiger partial charge is 0.379 e. The molecule has 1 aromatic rings. The Morgan fingerprint density at radius 3 is 2.94 bits per heavy atom. The van der Waals surface area contributed by atoms with E-state index in [1.54, 1.807) is 12.7 Å². The van der Waals surface area contributed by atoms with E-state index in [4.69, 9.17) is 4.74 Å². The number of hydrogen-bond acceptors (Lipinski definition) is 3. The summed E-state index contributed by atoms with van der Waals surface area (Å²) >= 11 is 1.84. The molecular weight excluding hydrogens is 242 g/mol. The molecule has 0 unspecified atom stereocenters. The molecule has 1 aliphatic carbocycles. The van der Waals surface area contributed by atoms with E-state index in [1.807, 2.05) is 11.3 Å². The minimum Gasteiger partial charge on any atom is -0.379 e. The van der Waals surface area contributed by atoms with Crippen molar-refractivity contribution in [1.29, 1.82) is 0 Å². The minimum atomic E-state index is 0.734. The molecule has 1 aromatic heterocycles. The van der Waals surface area contributed by atoms with Crippen LogP contribution in [0.3, 0.4) is 0 Å². The van der Waals surface area contributed by atoms with Crippen molar-refractivity contribution >= 4 is 11.3 Å². The van der Waals surface area contributed by atoms with Crippen molar-refractivity contribution in [2.45, 2.75) is 45.3 Å². The summed E-state index contributed by atoms with van der Waals surface area (Å²) in [6, 6.07) is 4.36. The van der Waals surface area contributed by atoms with E-state index in [2.05, 4.69) is 23.5 Å². The van der Waals surface area contributed by atoms with Gasteiger partial charge in [0.15, 0.2) is 0 Å². The summed E-state index contributed by atoms with van der Waals surface area (Å²) in [5.41, 5.74) is 1.65. The quantitative estimate of drug-likeness (QED) is 0.597. The fourth-order valence-electron chi connectivity index (χ4n) is 2.33. The van der Waals surface area contributed by atoms with Crippen LogP contribution < -0.4 is 5.32 Å². The van der Waals surface area contributed by atoms with E-state index >= 15 is 0 Å². The van der Waals surface area contributed by atoms with Crippen LogP contribution in [0.2, 0.25) is 0 Å². The number of hydrogen-bond donors (Lipinski definition) is 1. The Morgan fingerprint density at radius 2 is 2.17 bits per heavy atom. The fraction of sp³-hybridized carbons (Fsp3) is 0.600. The molecule has 0 spiro atoms. The summed E-state index contributed by atoms with van der Waals surface area (Å²) in [4.78, 5) is 2.71. The first kappa shape index (κ1) is 13.8. The molecule has 18 heavy (non-hydrogen) atoms. The molecule has 1 heterocycles. The van der Waals surface area contributed by atoms with Crippen molar-refractivity contribution in [2.75, 3.05) is 13.7 Å². The minimum absolute atomic E-state index is 0.734. The van der Waals surface area contributed by atoms with E-state index in [1.165, 1.54) is 41.9 Å². The van der Waals surface area contributed by atoms with Crippen LogP contribution in [0, 0.1) is 0 Å². The van der Waals surface area contributed by atoms with Crippen LogP contribution >= 0.6 is 11.3 Å². The second-order valence-electron chi connectivity index (χ2n) is 4.84. The number of thiophene rings is 1. The highest BCUT2D eigenvalue weighted by Crippen LogP contribution is 2.20. The smallest absolute Gasteiger partial charge is 0.0805 e. The van der Waals surface area contributed by atoms with Gasteiger partial charge in [0.2, 0.25) is 0 Å². The molecule has 0 radical (unpaired) electrons. The van der Waals surface area contributed by atoms with Crippen LogP contribution in [0.5, 0.6) is 0 Å². The third kappa shape index (κ3) is 4.56. The van der Waals surface area contributed by atoms with Crippen LogP contribution in [0.25, 0.3) is 0 Å². The SMILES string of the molecule is COCc1ccc(CNCCC2=CCCCC2)s1. The second-order valence-corrected chi connectivity index (χ2v) is 6.09. The standard InChI is InChI=1S/C15H23NOS/c1-17-12-15-8-7-14(18-15)11-16-10-9-13-5-3-2-4-6-13/h5,7-8,16H,2-4,6,9-12H2,1H3. The summed E-state index contributed by atoms with van der Waals surface area (Å²) in [6.45, 7) is 2.82. The van der Waals surface area contributed by atoms with Crippen LogP contribution in [-0.2, 0) is 17.9 Å². The summed E-state index contributed by atoms with van der Waals surface area (Å²) in [6.07, 6.45) is 9.04. The lowest BCUT2D eigenvalue weighted by molar-refractivity contribution is 0.187. The third-order valence-corrected chi connectivity index (χ3v) is 4.37. The Balaban J connectivity index is 1.63. The maximum atomic E-state index is 5.13. The number of nitrogens with one attached hydrogen (secondary N) is 1. The Bertz CT molecular complexity index is 384. The predicted molar refractivity (Wildman–Crippen MR) is 77.9 cm³/mol. The lowest BCUT2D eigenvalue weighted by Crippen LogP contribution is -2.14. The average molecular weight is 265 g/mol. The average Bonchev–Trinajstić information content (AvgIpc) is 2.84. The van der Waals surface area contributed by atoms with Crippen molar-refractivity contribution in [3.05, 3.63) is 33.5 Å². The molecule has 2 rings (SSSR count). The van der Waals surface area contributed by atoms with Crippen molar-refractivity contribution < 1.29 is 4.74 Å². The Kier molecular flexibility index (Phi) is 5.91. The zero-order chi connectivity index (χ0) is 12.6. The zero-order valence-corrected chi connectivity index (χ0v) is 12.0. The van der Waals surface area contributed by atoms with Crippen LogP contribution in [-0.4, -0.2) is 13.7 Å². The molecule has 0 saturated heterocycles. The molecule has 0 amide bonds. The molecular formula is C15H23NOS. The summed E-state index contributed by atoms with van der Waals surface area (Å²) in [5, 5.41) is 3.53. The van der Waals surface area contributed by atoms with Gasteiger partial charge in [-0.1, -0.05) is 11.6 Å². The van der Waals surface area contributed by atoms with Gasteiger partial charge in [-0.25, -0.2) is 0 Å². The lowest BCUT2D eigenvalue weighted by atomic mass is 9.97. The van der Waals surface area contributed by atoms with Crippen molar-refractivity contribution in [3.8, 4) is 0 Å². The van der Waals surface area contributed by atoms with Gasteiger partial charge in [0, 0.05) is 23.4 Å². The zero-order valence-electron chi connectivity index (χ0n) is 11.2. The summed E-state index contributed by atoms with van der Waals surface area (Å²) in [7, 11) is 1.75. The van der Waals surface area contributed by atoms with Crippen LogP contribution in [0.4, 0.5) is 0 Å². The topological polar surface area (TPSA) is 21.3 Å². The van der Waals surface area contributed by atoms with E-state index in [-0.39, 0.29) is 0 Å². The maximum Gasteiger partial charge on any atom is 0.0805 e. The monoisotopic (exact) mass is 265 g/mol. The summed E-state index contributed by atoms with van der Waals surface area (Å²) in [5.74, 6) is 0. The molecule has 3 heteroatoms. The first-order valence-electron chi connectivity index (χ1n) is 6.83. The highest BCUT2D eigenvalue weighted by Gasteiger charge is 2.03. The van der Waals surface area contributed by atoms with Crippen molar-refractivity contribution in [3.63, 3.8) is 0 Å². The molecule has 1 N–H and O–H groups in total. The van der Waals surface area contributed by atoms with E-state index < -0.39 is 0 Å². The second kappa shape index (κ2) is 7.72. The van der Waals surface area contributed by atoms with Gasteiger partial charge in [-0.3, -0.25) is 0 Å². The van der Waals surface area contributed by atoms with Gasteiger partial charge in [0.1, 0.15) is 0 Å². The van der Waals surface area contributed by atoms with Crippen LogP contribution in [0.15, 0.2) is 23.8 Å². The number of ether oxygens (including phenoxy) is 1. The molecule has 1 aliphatic rings. The number of methoxy groups -OCH3 is 1. The van der Waals surface area contributed by atoms with Gasteiger partial charge in [0.05, 0.1) is 6.61 Å². The molecule has 100 valence electrons. The fourth-order valence-corrected chi connectivity index (χ4v) is 3.29. The first-order chi connectivity index (χ1) is 8.88. The Hall–Kier alpha value is -0.640. The van der Waals surface area contributed by atoms with Gasteiger partial charge in [-0.15, -0.1) is 11.3 Å². The van der Waals surface area contributed by atoms with Gasteiger partial charge in [-0.05, 0) is 50.8 Å². The van der Waals surface area contributed by atoms with Crippen LogP contribution in [0.1, 0.15) is 41.9 Å². The van der Waals surface area contributed by atoms with E-state index in [0.717, 1.165) is 19.7 Å². The Labute approximate surface area is 114 Å². The van der Waals surface area contributed by atoms with Gasteiger partial charge < -0.3 is 10.1 Å². The van der Waals surface area contributed by atoms with Crippen molar-refractivity contribution in [1.82, 2.24) is 5.32 Å². The van der Waals surface area contributed by atoms with Gasteiger partial charge in [-0.2, -0.15) is 0 Å². The highest BCUT2D eigenvalue weighted by molar-refractivity contribution is 7.11. The molecule has 0 fully saturated rings. The Morgan fingerprint density at radius 1 is 1.28 bits per heavy atom. The molecule has 2 nitrogen and oxygen atoms in total. The van der Waals surface area contributed by atoms with Gasteiger partial charge in [0.25, 0.3) is 0 Å². The predicted octanol–water partition coefficient (Wildman–Crippen LogP) is 3.87. The van der Waals surface area contributed by atoms with Crippen molar-refractivity contribution in [2.24, 2.45) is 0 Å². The number of rotatable bonds is 7. The molecule has 0 aliphatic heterocycles.